The van der Waals surface area contributed by atoms with E-state index in [4.69, 9.17) is 5.26 Å². The summed E-state index contributed by atoms with van der Waals surface area (Å²) >= 11 is 0. The molecule has 0 aromatic carbocycles. The fraction of sp³-hybridized carbons (Fsp3) is 0.417. The minimum atomic E-state index is -5.07. The summed E-state index contributed by atoms with van der Waals surface area (Å²) in [4.78, 5) is 14.5. The van der Waals surface area contributed by atoms with Crippen LogP contribution in [0, 0.1) is 11.3 Å². The number of aromatic nitrogens is 1. The molecule has 1 rings (SSSR count). The number of pyridine rings is 1. The van der Waals surface area contributed by atoms with Gasteiger partial charge in [0, 0.05) is 17.3 Å². The van der Waals surface area contributed by atoms with E-state index >= 15 is 0 Å². The van der Waals surface area contributed by atoms with E-state index in [1.807, 2.05) is 0 Å². The zero-order valence-corrected chi connectivity index (χ0v) is 10.7. The Bertz CT molecular complexity index is 578. The zero-order valence-electron chi connectivity index (χ0n) is 10.7. The van der Waals surface area contributed by atoms with Gasteiger partial charge in [0.25, 0.3) is 6.43 Å². The van der Waals surface area contributed by atoms with E-state index in [1.54, 1.807) is 0 Å². The highest BCUT2D eigenvalue weighted by atomic mass is 19.4. The molecule has 114 valence electrons. The van der Waals surface area contributed by atoms with Crippen LogP contribution in [0.5, 0.6) is 0 Å². The molecular weight excluding hydrogens is 299 g/mol. The summed E-state index contributed by atoms with van der Waals surface area (Å²) in [5.41, 5.74) is -4.51. The van der Waals surface area contributed by atoms with Crippen LogP contribution < -0.4 is 0 Å². The minimum absolute atomic E-state index is 0.0723. The molecule has 0 atom stereocenters. The third-order valence-corrected chi connectivity index (χ3v) is 2.48. The van der Waals surface area contributed by atoms with Gasteiger partial charge in [-0.1, -0.05) is 0 Å². The number of esters is 1. The minimum Gasteiger partial charge on any atom is -0.466 e. The highest BCUT2D eigenvalue weighted by Gasteiger charge is 2.38. The maximum absolute atomic E-state index is 13.0. The van der Waals surface area contributed by atoms with Crippen LogP contribution in [0.1, 0.15) is 35.7 Å². The normalized spacial score (nSPS) is 11.3. The van der Waals surface area contributed by atoms with Crippen LogP contribution in [-0.2, 0) is 22.1 Å². The van der Waals surface area contributed by atoms with Crippen LogP contribution in [0.4, 0.5) is 22.0 Å². The molecule has 1 aromatic rings. The second-order valence-electron chi connectivity index (χ2n) is 3.80. The predicted octanol–water partition coefficient (Wildman–Crippen LogP) is 3.02. The molecule has 0 saturated heterocycles. The van der Waals surface area contributed by atoms with E-state index in [9.17, 15) is 26.7 Å². The Morgan fingerprint density at radius 2 is 2.10 bits per heavy atom. The highest BCUT2D eigenvalue weighted by Crippen LogP contribution is 2.38. The monoisotopic (exact) mass is 308 g/mol. The lowest BCUT2D eigenvalue weighted by Crippen LogP contribution is -2.17. The lowest BCUT2D eigenvalue weighted by atomic mass is 9.98. The molecular formula is C12H9F5N2O2. The van der Waals surface area contributed by atoms with E-state index in [2.05, 4.69) is 9.72 Å². The van der Waals surface area contributed by atoms with Gasteiger partial charge >= 0.3 is 12.1 Å². The number of hydrogen-bond acceptors (Lipinski definition) is 4. The average molecular weight is 308 g/mol. The Labute approximate surface area is 116 Å². The predicted molar refractivity (Wildman–Crippen MR) is 59.2 cm³/mol. The number of halogens is 5. The summed E-state index contributed by atoms with van der Waals surface area (Å²) in [5, 5.41) is 8.77. The maximum Gasteiger partial charge on any atom is 0.418 e. The fourth-order valence-electron chi connectivity index (χ4n) is 1.67. The Hall–Kier alpha value is -2.24. The van der Waals surface area contributed by atoms with E-state index in [0.29, 0.717) is 0 Å². The molecule has 0 aliphatic rings. The van der Waals surface area contributed by atoms with Crippen molar-refractivity contribution in [1.82, 2.24) is 4.98 Å². The molecule has 0 aliphatic heterocycles. The lowest BCUT2D eigenvalue weighted by Gasteiger charge is -2.16. The summed E-state index contributed by atoms with van der Waals surface area (Å²) in [5.74, 6) is -1.02. The Morgan fingerprint density at radius 1 is 1.48 bits per heavy atom. The molecule has 0 N–H and O–H groups in total. The van der Waals surface area contributed by atoms with Gasteiger partial charge in [-0.25, -0.2) is 13.8 Å². The van der Waals surface area contributed by atoms with Crippen molar-refractivity contribution in [3.05, 3.63) is 28.6 Å². The molecule has 21 heavy (non-hydrogen) atoms. The molecule has 0 bridgehead atoms. The van der Waals surface area contributed by atoms with Crippen LogP contribution in [0.3, 0.4) is 0 Å². The second-order valence-corrected chi connectivity index (χ2v) is 3.80. The van der Waals surface area contributed by atoms with E-state index in [1.165, 1.54) is 13.0 Å². The molecule has 4 nitrogen and oxygen atoms in total. The summed E-state index contributed by atoms with van der Waals surface area (Å²) in [6, 6.07) is 1.40. The van der Waals surface area contributed by atoms with Gasteiger partial charge in [0.2, 0.25) is 0 Å². The molecule has 0 fully saturated rings. The van der Waals surface area contributed by atoms with Gasteiger partial charge in [-0.15, -0.1) is 0 Å². The molecule has 0 saturated carbocycles. The van der Waals surface area contributed by atoms with Crippen LogP contribution >= 0.6 is 0 Å². The second kappa shape index (κ2) is 6.47. The average Bonchev–Trinajstić information content (AvgIpc) is 2.36. The molecule has 9 heteroatoms. The van der Waals surface area contributed by atoms with Crippen molar-refractivity contribution in [3.8, 4) is 6.07 Å². The first-order valence-electron chi connectivity index (χ1n) is 5.65. The van der Waals surface area contributed by atoms with Gasteiger partial charge in [0.15, 0.2) is 0 Å². The van der Waals surface area contributed by atoms with Gasteiger partial charge in [0.1, 0.15) is 11.8 Å². The number of nitrogens with zero attached hydrogens (tertiary/aromatic N) is 2. The summed E-state index contributed by atoms with van der Waals surface area (Å²) in [7, 11) is 0. The first-order valence-corrected chi connectivity index (χ1v) is 5.65. The first kappa shape index (κ1) is 16.8. The number of alkyl halides is 5. The molecule has 1 heterocycles. The fourth-order valence-corrected chi connectivity index (χ4v) is 1.67. The van der Waals surface area contributed by atoms with Gasteiger partial charge in [-0.2, -0.15) is 18.4 Å². The lowest BCUT2D eigenvalue weighted by molar-refractivity contribution is -0.143. The van der Waals surface area contributed by atoms with Crippen molar-refractivity contribution < 1.29 is 31.5 Å². The van der Waals surface area contributed by atoms with Crippen LogP contribution in [-0.4, -0.2) is 17.6 Å². The summed E-state index contributed by atoms with van der Waals surface area (Å²) < 4.78 is 68.7. The van der Waals surface area contributed by atoms with Crippen molar-refractivity contribution in [2.75, 3.05) is 6.61 Å². The number of carbonyl (C=O) groups is 1. The SMILES string of the molecule is CCOC(=O)Cc1c(C#N)ncc(C(F)(F)F)c1C(F)F. The van der Waals surface area contributed by atoms with E-state index < -0.39 is 47.4 Å². The quantitative estimate of drug-likeness (QED) is 0.633. The number of ether oxygens (including phenoxy) is 1. The Balaban J connectivity index is 3.50. The first-order chi connectivity index (χ1) is 9.72. The summed E-state index contributed by atoms with van der Waals surface area (Å²) in [6.45, 7) is 1.37. The molecule has 0 spiro atoms. The number of nitriles is 1. The van der Waals surface area contributed by atoms with Crippen LogP contribution in [0.15, 0.2) is 6.20 Å². The zero-order chi connectivity index (χ0) is 16.2. The van der Waals surface area contributed by atoms with E-state index in [-0.39, 0.29) is 12.8 Å². The van der Waals surface area contributed by atoms with Gasteiger partial charge < -0.3 is 4.74 Å². The van der Waals surface area contributed by atoms with Gasteiger partial charge in [-0.3, -0.25) is 4.79 Å². The van der Waals surface area contributed by atoms with Gasteiger partial charge in [0.05, 0.1) is 18.6 Å². The van der Waals surface area contributed by atoms with Crippen molar-refractivity contribution >= 4 is 5.97 Å². The van der Waals surface area contributed by atoms with Crippen molar-refractivity contribution in [3.63, 3.8) is 0 Å². The van der Waals surface area contributed by atoms with Gasteiger partial charge in [-0.05, 0) is 6.92 Å². The number of rotatable bonds is 4. The Kier molecular flexibility index (Phi) is 5.18. The van der Waals surface area contributed by atoms with Crippen molar-refractivity contribution in [2.45, 2.75) is 25.9 Å². The largest absolute Gasteiger partial charge is 0.466 e. The summed E-state index contributed by atoms with van der Waals surface area (Å²) in [6.07, 6.45) is -9.31. The molecule has 0 unspecified atom stereocenters. The molecule has 1 aromatic heterocycles. The van der Waals surface area contributed by atoms with E-state index in [0.717, 1.165) is 0 Å². The maximum atomic E-state index is 13.0. The Morgan fingerprint density at radius 3 is 2.52 bits per heavy atom. The standard InChI is InChI=1S/C12H9F5N2O2/c1-2-21-9(20)3-6-8(4-18)19-5-7(12(15,16)17)10(6)11(13)14/h5,11H,2-3H2,1H3. The molecule has 0 aliphatic carbocycles. The topological polar surface area (TPSA) is 63.0 Å². The van der Waals surface area contributed by atoms with Crippen molar-refractivity contribution in [1.29, 1.82) is 5.26 Å². The van der Waals surface area contributed by atoms with Crippen molar-refractivity contribution in [2.24, 2.45) is 0 Å². The smallest absolute Gasteiger partial charge is 0.418 e. The van der Waals surface area contributed by atoms with Crippen LogP contribution in [0.2, 0.25) is 0 Å². The number of carbonyl (C=O) groups excluding carboxylic acids is 1. The molecule has 0 radical (unpaired) electrons. The number of hydrogen-bond donors (Lipinski definition) is 0. The third-order valence-electron chi connectivity index (χ3n) is 2.48. The molecule has 0 amide bonds. The van der Waals surface area contributed by atoms with Crippen LogP contribution in [0.25, 0.3) is 0 Å². The third kappa shape index (κ3) is 3.87. The highest BCUT2D eigenvalue weighted by molar-refractivity contribution is 5.74.